The maximum atomic E-state index is 12.1. The molecule has 2 rings (SSSR count). The second-order valence-corrected chi connectivity index (χ2v) is 12.9. The molecule has 0 aliphatic carbocycles. The number of ether oxygens (including phenoxy) is 4. The highest BCUT2D eigenvalue weighted by Crippen LogP contribution is 2.35. The quantitative estimate of drug-likeness (QED) is 0.128. The number of benzene rings is 2. The van der Waals surface area contributed by atoms with Crippen LogP contribution in [0.15, 0.2) is 24.3 Å². The number of rotatable bonds is 16. The SMILES string of the molecule is Cc1cc(CCC(=O)OCCOCCOCCOC(O)CCc2cc(C)c(O)c(C(C)(C)C)c2)cc(C(C)(C)C)c1O. The van der Waals surface area contributed by atoms with Gasteiger partial charge < -0.3 is 34.3 Å². The molecule has 0 saturated carbocycles. The van der Waals surface area contributed by atoms with Crippen molar-refractivity contribution >= 4 is 5.97 Å². The van der Waals surface area contributed by atoms with Gasteiger partial charge in [0.1, 0.15) is 18.1 Å². The minimum absolute atomic E-state index is 0.169. The van der Waals surface area contributed by atoms with E-state index in [1.165, 1.54) is 0 Å². The van der Waals surface area contributed by atoms with Crippen LogP contribution in [0.25, 0.3) is 0 Å². The smallest absolute Gasteiger partial charge is 0.306 e. The van der Waals surface area contributed by atoms with Crippen molar-refractivity contribution in [1.82, 2.24) is 0 Å². The van der Waals surface area contributed by atoms with Gasteiger partial charge >= 0.3 is 5.97 Å². The monoisotopic (exact) mass is 588 g/mol. The fraction of sp³-hybridized carbons (Fsp3) is 0.618. The molecule has 1 unspecified atom stereocenters. The number of carbonyl (C=O) groups excluding carboxylic acids is 1. The molecule has 0 fully saturated rings. The van der Waals surface area contributed by atoms with Gasteiger partial charge in [-0.3, -0.25) is 4.79 Å². The average Bonchev–Trinajstić information content (AvgIpc) is 2.89. The molecule has 2 aromatic rings. The molecule has 0 aromatic heterocycles. The Balaban J connectivity index is 1.53. The zero-order valence-electron chi connectivity index (χ0n) is 26.8. The number of aromatic hydroxyl groups is 2. The van der Waals surface area contributed by atoms with Crippen molar-refractivity contribution in [3.8, 4) is 11.5 Å². The lowest BCUT2D eigenvalue weighted by atomic mass is 9.83. The first-order chi connectivity index (χ1) is 19.6. The maximum absolute atomic E-state index is 12.1. The van der Waals surface area contributed by atoms with Crippen LogP contribution in [0.4, 0.5) is 0 Å². The highest BCUT2D eigenvalue weighted by atomic mass is 16.6. The Kier molecular flexibility index (Phi) is 13.8. The Morgan fingerprint density at radius 2 is 1.17 bits per heavy atom. The Morgan fingerprint density at radius 3 is 1.67 bits per heavy atom. The van der Waals surface area contributed by atoms with Crippen molar-refractivity contribution in [2.24, 2.45) is 0 Å². The van der Waals surface area contributed by atoms with E-state index in [0.29, 0.717) is 50.6 Å². The zero-order chi connectivity index (χ0) is 31.5. The minimum atomic E-state index is -0.898. The predicted molar refractivity (Wildman–Crippen MR) is 164 cm³/mol. The highest BCUT2D eigenvalue weighted by Gasteiger charge is 2.21. The maximum Gasteiger partial charge on any atom is 0.306 e. The number of aryl methyl sites for hydroxylation is 4. The van der Waals surface area contributed by atoms with Gasteiger partial charge in [0.15, 0.2) is 6.29 Å². The van der Waals surface area contributed by atoms with Crippen molar-refractivity contribution < 1.29 is 39.1 Å². The number of phenols is 2. The van der Waals surface area contributed by atoms with Gasteiger partial charge in [-0.1, -0.05) is 65.8 Å². The van der Waals surface area contributed by atoms with Crippen molar-refractivity contribution in [3.63, 3.8) is 0 Å². The molecule has 42 heavy (non-hydrogen) atoms. The molecule has 0 aliphatic heterocycles. The Labute approximate surface area is 252 Å². The number of carbonyl (C=O) groups is 1. The third-order valence-electron chi connectivity index (χ3n) is 7.03. The summed E-state index contributed by atoms with van der Waals surface area (Å²) in [5.74, 6) is 0.354. The van der Waals surface area contributed by atoms with E-state index in [2.05, 4.69) is 20.8 Å². The van der Waals surface area contributed by atoms with Gasteiger partial charge in [0.2, 0.25) is 0 Å². The first-order valence-electron chi connectivity index (χ1n) is 14.9. The van der Waals surface area contributed by atoms with Gasteiger partial charge in [-0.25, -0.2) is 0 Å². The fourth-order valence-corrected chi connectivity index (χ4v) is 4.61. The topological polar surface area (TPSA) is 115 Å². The number of esters is 1. The molecule has 0 amide bonds. The molecule has 8 heteroatoms. The summed E-state index contributed by atoms with van der Waals surface area (Å²) >= 11 is 0. The van der Waals surface area contributed by atoms with Gasteiger partial charge in [0.05, 0.1) is 33.0 Å². The number of hydrogen-bond donors (Lipinski definition) is 3. The average molecular weight is 589 g/mol. The van der Waals surface area contributed by atoms with Gasteiger partial charge in [-0.15, -0.1) is 0 Å². The summed E-state index contributed by atoms with van der Waals surface area (Å²) < 4.78 is 21.6. The Hall–Kier alpha value is -2.65. The van der Waals surface area contributed by atoms with E-state index in [-0.39, 0.29) is 43.0 Å². The first-order valence-corrected chi connectivity index (χ1v) is 14.9. The minimum Gasteiger partial charge on any atom is -0.507 e. The summed E-state index contributed by atoms with van der Waals surface area (Å²) in [5.41, 5.74) is 5.11. The van der Waals surface area contributed by atoms with E-state index < -0.39 is 6.29 Å². The van der Waals surface area contributed by atoms with E-state index in [0.717, 1.165) is 33.4 Å². The van der Waals surface area contributed by atoms with Gasteiger partial charge in [-0.05, 0) is 70.9 Å². The molecule has 0 spiro atoms. The third kappa shape index (κ3) is 11.9. The molecule has 0 bridgehead atoms. The zero-order valence-corrected chi connectivity index (χ0v) is 26.8. The highest BCUT2D eigenvalue weighted by molar-refractivity contribution is 5.69. The molecule has 236 valence electrons. The predicted octanol–water partition coefficient (Wildman–Crippen LogP) is 5.79. The van der Waals surface area contributed by atoms with E-state index in [4.69, 9.17) is 18.9 Å². The number of phenolic OH excluding ortho intramolecular Hbond substituents is 2. The third-order valence-corrected chi connectivity index (χ3v) is 7.03. The summed E-state index contributed by atoms with van der Waals surface area (Å²) in [6.45, 7) is 17.9. The van der Waals surface area contributed by atoms with E-state index in [1.54, 1.807) is 0 Å². The molecule has 3 N–H and O–H groups in total. The van der Waals surface area contributed by atoms with Gasteiger partial charge in [0, 0.05) is 12.8 Å². The van der Waals surface area contributed by atoms with Crippen LogP contribution in [0.2, 0.25) is 0 Å². The Bertz CT molecular complexity index is 1140. The van der Waals surface area contributed by atoms with Crippen LogP contribution in [-0.2, 0) is 47.4 Å². The molecule has 1 atom stereocenters. The van der Waals surface area contributed by atoms with Crippen molar-refractivity contribution in [2.75, 3.05) is 39.6 Å². The lowest BCUT2D eigenvalue weighted by molar-refractivity contribution is -0.145. The van der Waals surface area contributed by atoms with Crippen LogP contribution in [-0.4, -0.2) is 67.2 Å². The van der Waals surface area contributed by atoms with Crippen LogP contribution in [0.5, 0.6) is 11.5 Å². The van der Waals surface area contributed by atoms with E-state index in [1.807, 2.05) is 58.9 Å². The van der Waals surface area contributed by atoms with Gasteiger partial charge in [-0.2, -0.15) is 0 Å². The van der Waals surface area contributed by atoms with Gasteiger partial charge in [0.25, 0.3) is 0 Å². The normalized spacial score (nSPS) is 12.9. The number of hydrogen-bond acceptors (Lipinski definition) is 8. The summed E-state index contributed by atoms with van der Waals surface area (Å²) in [6.07, 6.45) is 0.991. The Morgan fingerprint density at radius 1 is 0.714 bits per heavy atom. The van der Waals surface area contributed by atoms with Crippen LogP contribution in [0, 0.1) is 13.8 Å². The van der Waals surface area contributed by atoms with Crippen LogP contribution < -0.4 is 0 Å². The summed E-state index contributed by atoms with van der Waals surface area (Å²) in [7, 11) is 0. The molecule has 2 aromatic carbocycles. The molecule has 0 aliphatic rings. The molecular weight excluding hydrogens is 536 g/mol. The van der Waals surface area contributed by atoms with Crippen molar-refractivity contribution in [2.45, 2.75) is 98.2 Å². The van der Waals surface area contributed by atoms with E-state index in [9.17, 15) is 20.1 Å². The number of aliphatic hydroxyl groups excluding tert-OH is 1. The molecule has 0 saturated heterocycles. The van der Waals surface area contributed by atoms with E-state index >= 15 is 0 Å². The summed E-state index contributed by atoms with van der Waals surface area (Å²) in [4.78, 5) is 12.1. The molecule has 8 nitrogen and oxygen atoms in total. The molecule has 0 heterocycles. The lowest BCUT2D eigenvalue weighted by Crippen LogP contribution is -2.18. The van der Waals surface area contributed by atoms with Crippen molar-refractivity contribution in [3.05, 3.63) is 57.6 Å². The summed E-state index contributed by atoms with van der Waals surface area (Å²) in [5, 5.41) is 30.9. The molecule has 0 radical (unpaired) electrons. The first kappa shape index (κ1) is 35.5. The van der Waals surface area contributed by atoms with Crippen LogP contribution in [0.3, 0.4) is 0 Å². The second-order valence-electron chi connectivity index (χ2n) is 12.9. The van der Waals surface area contributed by atoms with Crippen LogP contribution >= 0.6 is 0 Å². The number of aliphatic hydroxyl groups is 1. The second kappa shape index (κ2) is 16.3. The largest absolute Gasteiger partial charge is 0.507 e. The summed E-state index contributed by atoms with van der Waals surface area (Å²) in [6, 6.07) is 7.82. The van der Waals surface area contributed by atoms with Crippen molar-refractivity contribution in [1.29, 1.82) is 0 Å². The lowest BCUT2D eigenvalue weighted by Gasteiger charge is -2.23. The van der Waals surface area contributed by atoms with Crippen LogP contribution in [0.1, 0.15) is 87.8 Å². The standard InChI is InChI=1S/C34H52O8/c1-23-19-25(21-27(31(23)37)33(3,4)5)9-11-29(35)41-17-15-39-13-14-40-16-18-42-30(36)12-10-26-20-24(2)32(38)28(22-26)34(6,7)8/h19-22,29,35,37-38H,9-18H2,1-8H3. The fourth-order valence-electron chi connectivity index (χ4n) is 4.61. The molecular formula is C34H52O8.